The summed E-state index contributed by atoms with van der Waals surface area (Å²) in [7, 11) is -3.40. The third kappa shape index (κ3) is 2.45. The number of hydrogen-bond acceptors (Lipinski definition) is 4. The Morgan fingerprint density at radius 1 is 1.00 bits per heavy atom. The first-order chi connectivity index (χ1) is 10.1. The molecule has 4 rings (SSSR count). The molecule has 0 aromatic carbocycles. The van der Waals surface area contributed by atoms with Gasteiger partial charge in [0.2, 0.25) is 0 Å². The quantitative estimate of drug-likeness (QED) is 0.806. The molecule has 0 aromatic heterocycles. The van der Waals surface area contributed by atoms with Crippen molar-refractivity contribution in [2.45, 2.75) is 75.2 Å². The third-order valence-electron chi connectivity index (χ3n) is 5.89. The molecular formula is C15H24N2O3S. The maximum Gasteiger partial charge on any atom is 0.301 e. The zero-order valence-electron chi connectivity index (χ0n) is 12.3. The van der Waals surface area contributed by atoms with Gasteiger partial charge in [0.1, 0.15) is 11.4 Å². The zero-order valence-corrected chi connectivity index (χ0v) is 13.1. The number of nitrogens with one attached hydrogen (secondary N) is 1. The van der Waals surface area contributed by atoms with Gasteiger partial charge in [-0.15, -0.1) is 4.40 Å². The Morgan fingerprint density at radius 2 is 1.86 bits per heavy atom. The van der Waals surface area contributed by atoms with Crippen molar-refractivity contribution in [2.24, 2.45) is 16.2 Å². The van der Waals surface area contributed by atoms with Crippen molar-refractivity contribution >= 4 is 16.0 Å². The monoisotopic (exact) mass is 312 g/mol. The Labute approximate surface area is 126 Å². The summed E-state index contributed by atoms with van der Waals surface area (Å²) in [4.78, 5) is 0. The van der Waals surface area contributed by atoms with E-state index in [0.29, 0.717) is 18.4 Å². The average molecular weight is 312 g/mol. The van der Waals surface area contributed by atoms with E-state index in [9.17, 15) is 8.42 Å². The van der Waals surface area contributed by atoms with Gasteiger partial charge in [0.25, 0.3) is 10.0 Å². The summed E-state index contributed by atoms with van der Waals surface area (Å²) in [5.74, 6) is 1.52. The van der Waals surface area contributed by atoms with Crippen LogP contribution in [0.25, 0.3) is 0 Å². The van der Waals surface area contributed by atoms with Crippen LogP contribution in [0.1, 0.15) is 57.8 Å². The van der Waals surface area contributed by atoms with Gasteiger partial charge in [-0.05, 0) is 50.4 Å². The molecule has 118 valence electrons. The van der Waals surface area contributed by atoms with Gasteiger partial charge in [-0.2, -0.15) is 0 Å². The normalized spacial score (nSPS) is 44.4. The molecule has 3 aliphatic carbocycles. The van der Waals surface area contributed by atoms with Crippen molar-refractivity contribution in [1.82, 2.24) is 5.32 Å². The van der Waals surface area contributed by atoms with Gasteiger partial charge in [-0.1, -0.05) is 19.3 Å². The number of nitrogens with zero attached hydrogens (tertiary/aromatic N) is 1. The number of fused-ring (bicyclic) bond motifs is 2. The first-order valence-electron chi connectivity index (χ1n) is 8.40. The minimum atomic E-state index is -3.40. The largest absolute Gasteiger partial charge is 0.460 e. The van der Waals surface area contributed by atoms with Crippen LogP contribution in [0.3, 0.4) is 0 Å². The van der Waals surface area contributed by atoms with Crippen molar-refractivity contribution in [3.8, 4) is 0 Å². The van der Waals surface area contributed by atoms with Crippen LogP contribution < -0.4 is 5.32 Å². The smallest absolute Gasteiger partial charge is 0.301 e. The molecule has 0 aromatic rings. The van der Waals surface area contributed by atoms with Crippen molar-refractivity contribution in [3.63, 3.8) is 0 Å². The molecule has 21 heavy (non-hydrogen) atoms. The van der Waals surface area contributed by atoms with E-state index in [0.717, 1.165) is 31.6 Å². The van der Waals surface area contributed by atoms with E-state index in [-0.39, 0.29) is 12.1 Å². The second kappa shape index (κ2) is 5.14. The van der Waals surface area contributed by atoms with Crippen LogP contribution in [0.15, 0.2) is 4.40 Å². The molecule has 1 heterocycles. The minimum Gasteiger partial charge on any atom is -0.460 e. The molecule has 0 spiro atoms. The van der Waals surface area contributed by atoms with Gasteiger partial charge in [0.05, 0.1) is 0 Å². The van der Waals surface area contributed by atoms with Crippen LogP contribution in [-0.2, 0) is 14.8 Å². The Kier molecular flexibility index (Phi) is 3.39. The fourth-order valence-corrected chi connectivity index (χ4v) is 6.08. The first-order valence-corrected chi connectivity index (χ1v) is 9.91. The number of rotatable bonds is 1. The van der Waals surface area contributed by atoms with Crippen LogP contribution >= 0.6 is 0 Å². The van der Waals surface area contributed by atoms with Crippen LogP contribution in [-0.4, -0.2) is 31.8 Å². The van der Waals surface area contributed by atoms with E-state index in [1.54, 1.807) is 0 Å². The van der Waals surface area contributed by atoms with E-state index >= 15 is 0 Å². The van der Waals surface area contributed by atoms with Crippen LogP contribution in [0.4, 0.5) is 0 Å². The molecule has 3 unspecified atom stereocenters. The molecule has 6 heteroatoms. The summed E-state index contributed by atoms with van der Waals surface area (Å²) in [6.07, 6.45) is 9.62. The number of amidine groups is 1. The summed E-state index contributed by atoms with van der Waals surface area (Å²) in [6.45, 7) is 0. The molecular weight excluding hydrogens is 288 g/mol. The molecule has 3 fully saturated rings. The van der Waals surface area contributed by atoms with Crippen LogP contribution in [0, 0.1) is 11.8 Å². The maximum absolute atomic E-state index is 12.3. The highest BCUT2D eigenvalue weighted by atomic mass is 32.2. The Hall–Kier alpha value is -0.780. The lowest BCUT2D eigenvalue weighted by Crippen LogP contribution is -2.53. The number of ether oxygens (including phenoxy) is 1. The van der Waals surface area contributed by atoms with Crippen LogP contribution in [0.5, 0.6) is 0 Å². The SMILES string of the molecule is O=S1(=O)N=C(N[C@@H]2CCCC3CC[C@H]32)OC2CCCCC21. The predicted molar refractivity (Wildman–Crippen MR) is 80.5 cm³/mol. The lowest BCUT2D eigenvalue weighted by Gasteiger charge is -2.46. The molecule has 1 aliphatic heterocycles. The van der Waals surface area contributed by atoms with Gasteiger partial charge < -0.3 is 10.1 Å². The van der Waals surface area contributed by atoms with Gasteiger partial charge in [0.15, 0.2) is 0 Å². The molecule has 5 atom stereocenters. The van der Waals surface area contributed by atoms with E-state index in [1.807, 2.05) is 0 Å². The van der Waals surface area contributed by atoms with E-state index in [1.165, 1.54) is 25.7 Å². The summed E-state index contributed by atoms with van der Waals surface area (Å²) in [6, 6.07) is 0.627. The summed E-state index contributed by atoms with van der Waals surface area (Å²) in [5.41, 5.74) is 0. The fraction of sp³-hybridized carbons (Fsp3) is 0.933. The Balaban J connectivity index is 1.51. The number of sulfonamides is 1. The second-order valence-electron chi connectivity index (χ2n) is 7.07. The number of hydrogen-bond donors (Lipinski definition) is 1. The standard InChI is InChI=1S/C15H24N2O3S/c18-21(19)14-7-2-1-6-13(14)20-15(17-21)16-12-5-3-4-10-8-9-11(10)12/h10-14H,1-9H2,(H,16,17)/t10?,11-,12-,13?,14?/m1/s1. The maximum atomic E-state index is 12.3. The topological polar surface area (TPSA) is 67.8 Å². The lowest BCUT2D eigenvalue weighted by atomic mass is 9.63. The summed E-state index contributed by atoms with van der Waals surface area (Å²) in [5, 5.41) is 2.91. The van der Waals surface area contributed by atoms with E-state index in [4.69, 9.17) is 4.74 Å². The molecule has 1 N–H and O–H groups in total. The van der Waals surface area contributed by atoms with Crippen molar-refractivity contribution < 1.29 is 13.2 Å². The third-order valence-corrected chi connectivity index (χ3v) is 7.61. The van der Waals surface area contributed by atoms with Gasteiger partial charge >= 0.3 is 6.02 Å². The predicted octanol–water partition coefficient (Wildman–Crippen LogP) is 2.18. The molecule has 0 saturated heterocycles. The highest BCUT2D eigenvalue weighted by Crippen LogP contribution is 2.45. The molecule has 0 radical (unpaired) electrons. The molecule has 3 saturated carbocycles. The van der Waals surface area contributed by atoms with Gasteiger partial charge in [-0.3, -0.25) is 0 Å². The van der Waals surface area contributed by atoms with E-state index < -0.39 is 15.3 Å². The first kappa shape index (κ1) is 13.9. The molecule has 4 aliphatic rings. The van der Waals surface area contributed by atoms with E-state index in [2.05, 4.69) is 9.71 Å². The fourth-order valence-electron chi connectivity index (χ4n) is 4.58. The minimum absolute atomic E-state index is 0.190. The Morgan fingerprint density at radius 3 is 2.67 bits per heavy atom. The average Bonchev–Trinajstić information content (AvgIpc) is 2.40. The molecule has 5 nitrogen and oxygen atoms in total. The summed E-state index contributed by atoms with van der Waals surface area (Å²) < 4.78 is 34.5. The molecule has 0 amide bonds. The van der Waals surface area contributed by atoms with Crippen molar-refractivity contribution in [3.05, 3.63) is 0 Å². The van der Waals surface area contributed by atoms with Crippen LogP contribution in [0.2, 0.25) is 0 Å². The van der Waals surface area contributed by atoms with Gasteiger partial charge in [-0.25, -0.2) is 8.42 Å². The van der Waals surface area contributed by atoms with Crippen molar-refractivity contribution in [1.29, 1.82) is 0 Å². The Bertz CT molecular complexity index is 545. The highest BCUT2D eigenvalue weighted by Gasteiger charge is 2.44. The second-order valence-corrected chi connectivity index (χ2v) is 8.89. The van der Waals surface area contributed by atoms with Crippen molar-refractivity contribution in [2.75, 3.05) is 0 Å². The highest BCUT2D eigenvalue weighted by molar-refractivity contribution is 7.91. The summed E-state index contributed by atoms with van der Waals surface area (Å²) >= 11 is 0. The zero-order chi connectivity index (χ0) is 14.4. The molecule has 0 bridgehead atoms. The lowest BCUT2D eigenvalue weighted by molar-refractivity contribution is 0.0727. The van der Waals surface area contributed by atoms with Gasteiger partial charge in [0, 0.05) is 6.04 Å².